The van der Waals surface area contributed by atoms with Gasteiger partial charge in [0.25, 0.3) is 0 Å². The van der Waals surface area contributed by atoms with Crippen LogP contribution in [0.15, 0.2) is 6.07 Å². The van der Waals surface area contributed by atoms with Crippen LogP contribution in [-0.2, 0) is 4.79 Å². The van der Waals surface area contributed by atoms with E-state index in [1.54, 1.807) is 6.92 Å². The molecule has 0 spiro atoms. The molecule has 0 atom stereocenters. The largest absolute Gasteiger partial charge is 0.479 e. The maximum Gasteiger partial charge on any atom is 0.341 e. The van der Waals surface area contributed by atoms with Gasteiger partial charge in [0.1, 0.15) is 11.0 Å². The van der Waals surface area contributed by atoms with Crippen molar-refractivity contribution in [1.82, 2.24) is 9.97 Å². The van der Waals surface area contributed by atoms with Crippen LogP contribution < -0.4 is 4.74 Å². The second-order valence-corrected chi connectivity index (χ2v) is 2.65. The zero-order valence-corrected chi connectivity index (χ0v) is 7.58. The van der Waals surface area contributed by atoms with E-state index in [0.717, 1.165) is 0 Å². The lowest BCUT2D eigenvalue weighted by Gasteiger charge is -2.02. The Morgan fingerprint density at radius 3 is 2.92 bits per heavy atom. The number of aliphatic carboxylic acids is 1. The molecular weight excluding hydrogens is 196 g/mol. The van der Waals surface area contributed by atoms with Crippen LogP contribution in [0.3, 0.4) is 0 Å². The number of aromatic nitrogens is 2. The van der Waals surface area contributed by atoms with Crippen LogP contribution in [0, 0.1) is 6.92 Å². The molecule has 0 saturated carbocycles. The predicted molar refractivity (Wildman–Crippen MR) is 44.9 cm³/mol. The maximum atomic E-state index is 10.1. The van der Waals surface area contributed by atoms with E-state index in [2.05, 4.69) is 9.97 Å². The summed E-state index contributed by atoms with van der Waals surface area (Å²) in [5.74, 6) is -0.458. The van der Waals surface area contributed by atoms with E-state index >= 15 is 0 Å². The van der Waals surface area contributed by atoms with E-state index in [4.69, 9.17) is 21.4 Å². The molecule has 1 aromatic rings. The third-order valence-corrected chi connectivity index (χ3v) is 1.32. The van der Waals surface area contributed by atoms with Gasteiger partial charge in [-0.15, -0.1) is 0 Å². The van der Waals surface area contributed by atoms with E-state index in [-0.39, 0.29) is 11.0 Å². The van der Waals surface area contributed by atoms with Crippen LogP contribution in [-0.4, -0.2) is 27.7 Å². The molecule has 0 unspecified atom stereocenters. The van der Waals surface area contributed by atoms with Crippen molar-refractivity contribution < 1.29 is 14.6 Å². The lowest BCUT2D eigenvalue weighted by Crippen LogP contribution is -2.10. The van der Waals surface area contributed by atoms with Gasteiger partial charge in [0.05, 0.1) is 0 Å². The summed E-state index contributed by atoms with van der Waals surface area (Å²) >= 11 is 5.59. The molecule has 0 aromatic carbocycles. The van der Waals surface area contributed by atoms with Gasteiger partial charge in [-0.1, -0.05) is 11.6 Å². The third-order valence-electron chi connectivity index (χ3n) is 1.13. The number of aryl methyl sites for hydroxylation is 1. The van der Waals surface area contributed by atoms with Crippen LogP contribution in [0.25, 0.3) is 0 Å². The van der Waals surface area contributed by atoms with Gasteiger partial charge in [0.2, 0.25) is 5.88 Å². The Labute approximate surface area is 79.3 Å². The Morgan fingerprint density at radius 2 is 2.38 bits per heavy atom. The zero-order chi connectivity index (χ0) is 9.84. The molecule has 13 heavy (non-hydrogen) atoms. The van der Waals surface area contributed by atoms with E-state index in [0.29, 0.717) is 5.82 Å². The summed E-state index contributed by atoms with van der Waals surface area (Å²) in [5.41, 5.74) is 0. The van der Waals surface area contributed by atoms with Gasteiger partial charge < -0.3 is 9.84 Å². The molecule has 1 N–H and O–H groups in total. The molecule has 70 valence electrons. The Kier molecular flexibility index (Phi) is 3.02. The summed E-state index contributed by atoms with van der Waals surface area (Å²) in [4.78, 5) is 17.8. The fourth-order valence-electron chi connectivity index (χ4n) is 0.715. The van der Waals surface area contributed by atoms with Crippen molar-refractivity contribution in [1.29, 1.82) is 0 Å². The monoisotopic (exact) mass is 202 g/mol. The smallest absolute Gasteiger partial charge is 0.341 e. The number of hydrogen-bond acceptors (Lipinski definition) is 4. The standard InChI is InChI=1S/C7H7ClN2O3/c1-4-9-5(8)2-6(10-4)13-3-7(11)12/h2H,3H2,1H3,(H,11,12). The minimum atomic E-state index is -1.06. The second kappa shape index (κ2) is 4.04. The van der Waals surface area contributed by atoms with Crippen molar-refractivity contribution in [2.45, 2.75) is 6.92 Å². The number of carbonyl (C=O) groups is 1. The summed E-state index contributed by atoms with van der Waals surface area (Å²) in [6.45, 7) is 1.20. The fourth-order valence-corrected chi connectivity index (χ4v) is 0.931. The Hall–Kier alpha value is -1.36. The number of rotatable bonds is 3. The van der Waals surface area contributed by atoms with Gasteiger partial charge in [0, 0.05) is 6.07 Å². The summed E-state index contributed by atoms with van der Waals surface area (Å²) in [5, 5.41) is 8.54. The van der Waals surface area contributed by atoms with Crippen molar-refractivity contribution >= 4 is 17.6 Å². The minimum absolute atomic E-state index is 0.167. The quantitative estimate of drug-likeness (QED) is 0.738. The maximum absolute atomic E-state index is 10.1. The Bertz CT molecular complexity index is 309. The number of halogens is 1. The summed E-state index contributed by atoms with van der Waals surface area (Å²) < 4.78 is 4.79. The van der Waals surface area contributed by atoms with Gasteiger partial charge in [-0.25, -0.2) is 9.78 Å². The Morgan fingerprint density at radius 1 is 1.69 bits per heavy atom. The molecule has 0 aliphatic rings. The fraction of sp³-hybridized carbons (Fsp3) is 0.286. The van der Waals surface area contributed by atoms with Gasteiger partial charge in [-0.05, 0) is 6.92 Å². The number of nitrogens with zero attached hydrogens (tertiary/aromatic N) is 2. The average molecular weight is 203 g/mol. The topological polar surface area (TPSA) is 72.3 Å². The average Bonchev–Trinajstić information content (AvgIpc) is 1.99. The SMILES string of the molecule is Cc1nc(Cl)cc(OCC(=O)O)n1. The molecular formula is C7H7ClN2O3. The second-order valence-electron chi connectivity index (χ2n) is 2.26. The van der Waals surface area contributed by atoms with Gasteiger partial charge in [-0.2, -0.15) is 4.98 Å². The highest BCUT2D eigenvalue weighted by Gasteiger charge is 2.03. The van der Waals surface area contributed by atoms with Crippen molar-refractivity contribution in [3.8, 4) is 5.88 Å². The molecule has 1 rings (SSSR count). The summed E-state index contributed by atoms with van der Waals surface area (Å²) in [6.07, 6.45) is 0. The van der Waals surface area contributed by atoms with Crippen LogP contribution in [0.2, 0.25) is 5.15 Å². The summed E-state index contributed by atoms with van der Waals surface area (Å²) in [7, 11) is 0. The lowest BCUT2D eigenvalue weighted by molar-refractivity contribution is -0.139. The highest BCUT2D eigenvalue weighted by molar-refractivity contribution is 6.29. The first-order valence-corrected chi connectivity index (χ1v) is 3.81. The molecule has 0 amide bonds. The number of hydrogen-bond donors (Lipinski definition) is 1. The molecule has 6 heteroatoms. The highest BCUT2D eigenvalue weighted by Crippen LogP contribution is 2.12. The molecule has 0 aliphatic heterocycles. The Balaban J connectivity index is 2.71. The summed E-state index contributed by atoms with van der Waals surface area (Å²) in [6, 6.07) is 1.36. The van der Waals surface area contributed by atoms with Crippen molar-refractivity contribution in [2.75, 3.05) is 6.61 Å². The number of carboxylic acid groups (broad SMARTS) is 1. The lowest BCUT2D eigenvalue weighted by atomic mass is 10.6. The van der Waals surface area contributed by atoms with Gasteiger partial charge >= 0.3 is 5.97 Å². The molecule has 0 aliphatic carbocycles. The highest BCUT2D eigenvalue weighted by atomic mass is 35.5. The number of ether oxygens (including phenoxy) is 1. The van der Waals surface area contributed by atoms with Crippen LogP contribution >= 0.6 is 11.6 Å². The first-order chi connectivity index (χ1) is 6.08. The van der Waals surface area contributed by atoms with E-state index in [9.17, 15) is 4.79 Å². The van der Waals surface area contributed by atoms with Crippen molar-refractivity contribution in [2.24, 2.45) is 0 Å². The van der Waals surface area contributed by atoms with Crippen molar-refractivity contribution in [3.63, 3.8) is 0 Å². The van der Waals surface area contributed by atoms with Crippen LogP contribution in [0.4, 0.5) is 0 Å². The van der Waals surface area contributed by atoms with Crippen molar-refractivity contribution in [3.05, 3.63) is 17.0 Å². The molecule has 5 nitrogen and oxygen atoms in total. The molecule has 0 saturated heterocycles. The molecule has 0 radical (unpaired) electrons. The van der Waals surface area contributed by atoms with Crippen LogP contribution in [0.1, 0.15) is 5.82 Å². The van der Waals surface area contributed by atoms with E-state index in [1.165, 1.54) is 6.07 Å². The molecule has 0 bridgehead atoms. The van der Waals surface area contributed by atoms with Crippen LogP contribution in [0.5, 0.6) is 5.88 Å². The molecule has 1 aromatic heterocycles. The number of carboxylic acids is 1. The van der Waals surface area contributed by atoms with Gasteiger partial charge in [0.15, 0.2) is 6.61 Å². The van der Waals surface area contributed by atoms with E-state index in [1.807, 2.05) is 0 Å². The normalized spacial score (nSPS) is 9.69. The predicted octanol–water partition coefficient (Wildman–Crippen LogP) is 0.902. The third kappa shape index (κ3) is 3.25. The zero-order valence-electron chi connectivity index (χ0n) is 6.82. The minimum Gasteiger partial charge on any atom is -0.479 e. The first-order valence-electron chi connectivity index (χ1n) is 3.43. The molecule has 1 heterocycles. The molecule has 0 fully saturated rings. The van der Waals surface area contributed by atoms with E-state index < -0.39 is 12.6 Å². The van der Waals surface area contributed by atoms with Gasteiger partial charge in [-0.3, -0.25) is 0 Å². The first kappa shape index (κ1) is 9.73.